The van der Waals surface area contributed by atoms with Gasteiger partial charge in [-0.25, -0.2) is 4.79 Å². The highest BCUT2D eigenvalue weighted by atomic mass is 35.5. The highest BCUT2D eigenvalue weighted by Crippen LogP contribution is 2.28. The minimum atomic E-state index is -0.845. The van der Waals surface area contributed by atoms with Crippen molar-refractivity contribution in [1.82, 2.24) is 0 Å². The molecule has 6 heteroatoms. The van der Waals surface area contributed by atoms with E-state index in [9.17, 15) is 4.79 Å². The lowest BCUT2D eigenvalue weighted by atomic mass is 10.1. The molecule has 0 aromatic heterocycles. The first-order valence-corrected chi connectivity index (χ1v) is 7.53. The lowest BCUT2D eigenvalue weighted by molar-refractivity contribution is -0.152. The van der Waals surface area contributed by atoms with Gasteiger partial charge in [0.25, 0.3) is 0 Å². The number of carbonyl (C=O) groups is 1. The van der Waals surface area contributed by atoms with Crippen LogP contribution in [0.1, 0.15) is 18.1 Å². The molecular formula is C17H13Cl2NO3. The van der Waals surface area contributed by atoms with Gasteiger partial charge in [0.15, 0.2) is 6.10 Å². The van der Waals surface area contributed by atoms with Crippen LogP contribution in [0.5, 0.6) is 5.75 Å². The summed E-state index contributed by atoms with van der Waals surface area (Å²) in [5.41, 5.74) is 1.11. The van der Waals surface area contributed by atoms with E-state index in [1.54, 1.807) is 43.3 Å². The van der Waals surface area contributed by atoms with Crippen LogP contribution in [-0.4, -0.2) is 12.1 Å². The standard InChI is InChI=1S/C17H13Cl2NO3/c1-11(23-16-7-6-14(18)8-15(16)19)17(21)22-10-13-5-3-2-4-12(13)9-20/h2-8,11H,10H2,1H3/t11-/m0/s1. The second kappa shape index (κ2) is 7.87. The van der Waals surface area contributed by atoms with Crippen molar-refractivity contribution in [1.29, 1.82) is 5.26 Å². The maximum Gasteiger partial charge on any atom is 0.347 e. The Bertz CT molecular complexity index is 756. The van der Waals surface area contributed by atoms with Crippen LogP contribution < -0.4 is 4.74 Å². The number of carbonyl (C=O) groups excluding carboxylic acids is 1. The van der Waals surface area contributed by atoms with Crippen LogP contribution >= 0.6 is 23.2 Å². The van der Waals surface area contributed by atoms with E-state index in [1.807, 2.05) is 6.07 Å². The summed E-state index contributed by atoms with van der Waals surface area (Å²) >= 11 is 11.8. The predicted molar refractivity (Wildman–Crippen MR) is 87.5 cm³/mol. The summed E-state index contributed by atoms with van der Waals surface area (Å²) in [6.07, 6.45) is -0.845. The summed E-state index contributed by atoms with van der Waals surface area (Å²) in [6.45, 7) is 1.56. The molecule has 0 aliphatic carbocycles. The van der Waals surface area contributed by atoms with Crippen LogP contribution in [0, 0.1) is 11.3 Å². The van der Waals surface area contributed by atoms with E-state index in [-0.39, 0.29) is 6.61 Å². The van der Waals surface area contributed by atoms with Gasteiger partial charge in [-0.05, 0) is 31.2 Å². The molecule has 2 aromatic carbocycles. The molecule has 0 N–H and O–H groups in total. The lowest BCUT2D eigenvalue weighted by Crippen LogP contribution is -2.26. The third kappa shape index (κ3) is 4.62. The van der Waals surface area contributed by atoms with Crippen LogP contribution in [0.15, 0.2) is 42.5 Å². The fourth-order valence-electron chi connectivity index (χ4n) is 1.83. The van der Waals surface area contributed by atoms with Crippen molar-refractivity contribution in [3.05, 3.63) is 63.6 Å². The third-order valence-electron chi connectivity index (χ3n) is 3.04. The van der Waals surface area contributed by atoms with Crippen molar-refractivity contribution in [2.75, 3.05) is 0 Å². The zero-order valence-electron chi connectivity index (χ0n) is 12.3. The van der Waals surface area contributed by atoms with Gasteiger partial charge < -0.3 is 9.47 Å². The van der Waals surface area contributed by atoms with Crippen LogP contribution in [0.4, 0.5) is 0 Å². The van der Waals surface area contributed by atoms with Crippen molar-refractivity contribution < 1.29 is 14.3 Å². The molecule has 118 valence electrons. The topological polar surface area (TPSA) is 59.3 Å². The first-order valence-electron chi connectivity index (χ1n) is 6.77. The Morgan fingerprint density at radius 3 is 2.70 bits per heavy atom. The molecule has 0 spiro atoms. The highest BCUT2D eigenvalue weighted by Gasteiger charge is 2.18. The van der Waals surface area contributed by atoms with Gasteiger partial charge in [-0.1, -0.05) is 41.4 Å². The van der Waals surface area contributed by atoms with Crippen molar-refractivity contribution in [3.8, 4) is 11.8 Å². The van der Waals surface area contributed by atoms with Crippen molar-refractivity contribution >= 4 is 29.2 Å². The Hall–Kier alpha value is -2.22. The molecule has 2 rings (SSSR count). The maximum atomic E-state index is 12.0. The Morgan fingerprint density at radius 2 is 2.00 bits per heavy atom. The predicted octanol–water partition coefficient (Wildman–Crippen LogP) is 4.38. The normalized spacial score (nSPS) is 11.4. The largest absolute Gasteiger partial charge is 0.477 e. The number of hydrogen-bond acceptors (Lipinski definition) is 4. The van der Waals surface area contributed by atoms with Crippen LogP contribution in [0.3, 0.4) is 0 Å². The number of rotatable bonds is 5. The van der Waals surface area contributed by atoms with E-state index >= 15 is 0 Å². The third-order valence-corrected chi connectivity index (χ3v) is 3.57. The molecular weight excluding hydrogens is 337 g/mol. The number of halogens is 2. The molecule has 23 heavy (non-hydrogen) atoms. The zero-order valence-corrected chi connectivity index (χ0v) is 13.8. The minimum Gasteiger partial charge on any atom is -0.477 e. The number of benzene rings is 2. The van der Waals surface area contributed by atoms with E-state index in [4.69, 9.17) is 37.9 Å². The second-order valence-corrected chi connectivity index (χ2v) is 5.56. The monoisotopic (exact) mass is 349 g/mol. The number of nitriles is 1. The molecule has 0 bridgehead atoms. The number of hydrogen-bond donors (Lipinski definition) is 0. The molecule has 4 nitrogen and oxygen atoms in total. The van der Waals surface area contributed by atoms with E-state index < -0.39 is 12.1 Å². The Balaban J connectivity index is 1.96. The van der Waals surface area contributed by atoms with E-state index in [2.05, 4.69) is 0 Å². The van der Waals surface area contributed by atoms with Crippen LogP contribution in [0.2, 0.25) is 10.0 Å². The van der Waals surface area contributed by atoms with Gasteiger partial charge in [0.2, 0.25) is 0 Å². The number of esters is 1. The van der Waals surface area contributed by atoms with Gasteiger partial charge in [0.05, 0.1) is 16.7 Å². The summed E-state index contributed by atoms with van der Waals surface area (Å²) < 4.78 is 10.7. The molecule has 0 fully saturated rings. The van der Waals surface area contributed by atoms with Crippen molar-refractivity contribution in [3.63, 3.8) is 0 Å². The average molecular weight is 350 g/mol. The van der Waals surface area contributed by atoms with Gasteiger partial charge in [0.1, 0.15) is 12.4 Å². The smallest absolute Gasteiger partial charge is 0.347 e. The maximum absolute atomic E-state index is 12.0. The van der Waals surface area contributed by atoms with E-state index in [0.717, 1.165) is 0 Å². The molecule has 0 radical (unpaired) electrons. The Labute approximate surface area is 144 Å². The number of ether oxygens (including phenoxy) is 2. The quantitative estimate of drug-likeness (QED) is 0.751. The highest BCUT2D eigenvalue weighted by molar-refractivity contribution is 6.35. The van der Waals surface area contributed by atoms with Gasteiger partial charge in [-0.3, -0.25) is 0 Å². The van der Waals surface area contributed by atoms with E-state index in [0.29, 0.717) is 26.9 Å². The fourth-order valence-corrected chi connectivity index (χ4v) is 2.28. The summed E-state index contributed by atoms with van der Waals surface area (Å²) in [6, 6.07) is 13.7. The molecule has 0 saturated carbocycles. The number of nitrogens with zero attached hydrogens (tertiary/aromatic N) is 1. The van der Waals surface area contributed by atoms with Gasteiger partial charge in [-0.15, -0.1) is 0 Å². The molecule has 0 saturated heterocycles. The van der Waals surface area contributed by atoms with Crippen molar-refractivity contribution in [2.24, 2.45) is 0 Å². The van der Waals surface area contributed by atoms with Crippen LogP contribution in [0.25, 0.3) is 0 Å². The lowest BCUT2D eigenvalue weighted by Gasteiger charge is -2.15. The Kier molecular flexibility index (Phi) is 5.86. The molecule has 1 atom stereocenters. The van der Waals surface area contributed by atoms with Gasteiger partial charge >= 0.3 is 5.97 Å². The van der Waals surface area contributed by atoms with E-state index in [1.165, 1.54) is 6.07 Å². The molecule has 0 heterocycles. The molecule has 2 aromatic rings. The minimum absolute atomic E-state index is 0.00458. The molecule has 0 amide bonds. The summed E-state index contributed by atoms with van der Waals surface area (Å²) in [5, 5.41) is 9.79. The zero-order chi connectivity index (χ0) is 16.8. The van der Waals surface area contributed by atoms with Crippen molar-refractivity contribution in [2.45, 2.75) is 19.6 Å². The Morgan fingerprint density at radius 1 is 1.26 bits per heavy atom. The fraction of sp³-hybridized carbons (Fsp3) is 0.176. The molecule has 0 aliphatic rings. The molecule has 0 aliphatic heterocycles. The van der Waals surface area contributed by atoms with Crippen LogP contribution in [-0.2, 0) is 16.1 Å². The van der Waals surface area contributed by atoms with Gasteiger partial charge in [-0.2, -0.15) is 5.26 Å². The summed E-state index contributed by atoms with van der Waals surface area (Å²) in [7, 11) is 0. The summed E-state index contributed by atoms with van der Waals surface area (Å²) in [5.74, 6) is -0.207. The molecule has 0 unspecified atom stereocenters. The second-order valence-electron chi connectivity index (χ2n) is 4.71. The first-order chi connectivity index (χ1) is 11.0. The van der Waals surface area contributed by atoms with Gasteiger partial charge in [0, 0.05) is 10.6 Å². The average Bonchev–Trinajstić information content (AvgIpc) is 2.55. The summed E-state index contributed by atoms with van der Waals surface area (Å²) in [4.78, 5) is 12.0. The first kappa shape index (κ1) is 17.1. The SMILES string of the molecule is C[C@H](Oc1ccc(Cl)cc1Cl)C(=O)OCc1ccccc1C#N.